The summed E-state index contributed by atoms with van der Waals surface area (Å²) in [7, 11) is 0. The zero-order valence-electron chi connectivity index (χ0n) is 17.0. The number of hydrogen-bond acceptors (Lipinski definition) is 1. The lowest BCUT2D eigenvalue weighted by atomic mass is 9.78. The third kappa shape index (κ3) is 5.24. The minimum atomic E-state index is 0.411. The van der Waals surface area contributed by atoms with Crippen LogP contribution < -0.4 is 0 Å². The largest absolute Gasteiger partial charge is 0.508 e. The van der Waals surface area contributed by atoms with Gasteiger partial charge in [-0.2, -0.15) is 0 Å². The summed E-state index contributed by atoms with van der Waals surface area (Å²) in [5.74, 6) is 2.01. The first-order valence-corrected chi connectivity index (χ1v) is 9.80. The maximum atomic E-state index is 10.2. The summed E-state index contributed by atoms with van der Waals surface area (Å²) < 4.78 is 0. The fourth-order valence-electron chi connectivity index (χ4n) is 3.83. The number of phenolic OH excluding ortho intramolecular Hbond substituents is 1. The maximum Gasteiger partial charge on any atom is 0.118 e. The summed E-state index contributed by atoms with van der Waals surface area (Å²) in [6.45, 7) is 14.9. The van der Waals surface area contributed by atoms with Crippen molar-refractivity contribution < 1.29 is 5.11 Å². The summed E-state index contributed by atoms with van der Waals surface area (Å²) in [6, 6.07) is 13.0. The molecule has 0 aliphatic carbocycles. The molecule has 2 unspecified atom stereocenters. The minimum Gasteiger partial charge on any atom is -0.508 e. The third-order valence-corrected chi connectivity index (χ3v) is 5.40. The van der Waals surface area contributed by atoms with Crippen LogP contribution in [0.3, 0.4) is 0 Å². The Labute approximate surface area is 159 Å². The Morgan fingerprint density at radius 2 is 1.73 bits per heavy atom. The van der Waals surface area contributed by atoms with Gasteiger partial charge >= 0.3 is 0 Å². The Hall–Kier alpha value is -2.02. The Morgan fingerprint density at radius 1 is 1.00 bits per heavy atom. The second-order valence-electron chi connectivity index (χ2n) is 8.22. The topological polar surface area (TPSA) is 20.2 Å². The highest BCUT2D eigenvalue weighted by atomic mass is 16.3. The van der Waals surface area contributed by atoms with Crippen molar-refractivity contribution in [3.8, 4) is 5.75 Å². The lowest BCUT2D eigenvalue weighted by Crippen LogP contribution is -2.15. The number of hydrogen-bond donors (Lipinski definition) is 1. The Balaban J connectivity index is 2.25. The van der Waals surface area contributed by atoms with Crippen molar-refractivity contribution >= 4 is 0 Å². The van der Waals surface area contributed by atoms with Crippen LogP contribution >= 0.6 is 0 Å². The van der Waals surface area contributed by atoms with E-state index in [1.54, 1.807) is 0 Å². The van der Waals surface area contributed by atoms with Gasteiger partial charge in [-0.1, -0.05) is 57.2 Å². The average molecular weight is 351 g/mol. The molecule has 0 amide bonds. The van der Waals surface area contributed by atoms with Gasteiger partial charge in [0.15, 0.2) is 0 Å². The summed E-state index contributed by atoms with van der Waals surface area (Å²) >= 11 is 0. The van der Waals surface area contributed by atoms with Crippen molar-refractivity contribution in [1.29, 1.82) is 0 Å². The van der Waals surface area contributed by atoms with Crippen LogP contribution in [0.4, 0.5) is 0 Å². The number of allylic oxidation sites excluding steroid dienone is 1. The number of phenols is 1. The average Bonchev–Trinajstić information content (AvgIpc) is 2.58. The second-order valence-corrected chi connectivity index (χ2v) is 8.22. The van der Waals surface area contributed by atoms with Crippen LogP contribution in [0.15, 0.2) is 49.1 Å². The van der Waals surface area contributed by atoms with E-state index in [1.165, 1.54) is 22.3 Å². The van der Waals surface area contributed by atoms with Gasteiger partial charge in [-0.05, 0) is 84.7 Å². The quantitative estimate of drug-likeness (QED) is 0.522. The van der Waals surface area contributed by atoms with Gasteiger partial charge in [0.05, 0.1) is 0 Å². The molecule has 0 bridgehead atoms. The molecule has 2 aromatic rings. The first-order valence-electron chi connectivity index (χ1n) is 9.80. The zero-order chi connectivity index (χ0) is 19.3. The van der Waals surface area contributed by atoms with E-state index >= 15 is 0 Å². The zero-order valence-corrected chi connectivity index (χ0v) is 17.0. The molecule has 0 aromatic heterocycles. The van der Waals surface area contributed by atoms with Crippen LogP contribution in [0.25, 0.3) is 0 Å². The Kier molecular flexibility index (Phi) is 7.08. The predicted molar refractivity (Wildman–Crippen MR) is 113 cm³/mol. The van der Waals surface area contributed by atoms with Crippen molar-refractivity contribution in [1.82, 2.24) is 0 Å². The van der Waals surface area contributed by atoms with Gasteiger partial charge in [-0.3, -0.25) is 0 Å². The van der Waals surface area contributed by atoms with E-state index in [4.69, 9.17) is 0 Å². The maximum absolute atomic E-state index is 10.2. The van der Waals surface area contributed by atoms with Gasteiger partial charge < -0.3 is 5.11 Å². The van der Waals surface area contributed by atoms with Crippen LogP contribution in [0.1, 0.15) is 60.9 Å². The third-order valence-electron chi connectivity index (χ3n) is 5.40. The van der Waals surface area contributed by atoms with E-state index in [2.05, 4.69) is 58.5 Å². The molecule has 140 valence electrons. The molecule has 2 atom stereocenters. The number of aromatic hydroxyl groups is 1. The Morgan fingerprint density at radius 3 is 2.31 bits per heavy atom. The van der Waals surface area contributed by atoms with E-state index in [9.17, 15) is 5.11 Å². The molecule has 1 N–H and O–H groups in total. The van der Waals surface area contributed by atoms with Gasteiger partial charge in [-0.15, -0.1) is 6.58 Å². The molecular formula is C25H34O. The summed E-state index contributed by atoms with van der Waals surface area (Å²) in [5.41, 5.74) is 6.33. The second kappa shape index (κ2) is 9.07. The van der Waals surface area contributed by atoms with E-state index in [0.29, 0.717) is 23.5 Å². The van der Waals surface area contributed by atoms with Crippen molar-refractivity contribution in [2.75, 3.05) is 0 Å². The molecule has 26 heavy (non-hydrogen) atoms. The monoisotopic (exact) mass is 350 g/mol. The fraction of sp³-hybridized carbons (Fsp3) is 0.440. The molecule has 0 radical (unpaired) electrons. The molecule has 1 nitrogen and oxygen atoms in total. The molecule has 0 heterocycles. The van der Waals surface area contributed by atoms with E-state index < -0.39 is 0 Å². The molecule has 2 rings (SSSR count). The first-order chi connectivity index (χ1) is 12.3. The fourth-order valence-corrected chi connectivity index (χ4v) is 3.83. The molecule has 0 saturated carbocycles. The first kappa shape index (κ1) is 20.3. The van der Waals surface area contributed by atoms with Crippen molar-refractivity contribution in [3.63, 3.8) is 0 Å². The minimum absolute atomic E-state index is 0.411. The molecule has 0 aliphatic heterocycles. The van der Waals surface area contributed by atoms with E-state index in [0.717, 1.165) is 24.8 Å². The van der Waals surface area contributed by atoms with Crippen molar-refractivity contribution in [3.05, 3.63) is 76.9 Å². The Bertz CT molecular complexity index is 742. The normalized spacial score (nSPS) is 13.6. The molecule has 0 fully saturated rings. The van der Waals surface area contributed by atoms with Gasteiger partial charge in [0.2, 0.25) is 0 Å². The van der Waals surface area contributed by atoms with Crippen LogP contribution in [0, 0.1) is 25.7 Å². The lowest BCUT2D eigenvalue weighted by Gasteiger charge is -2.27. The summed E-state index contributed by atoms with van der Waals surface area (Å²) in [5, 5.41) is 10.2. The van der Waals surface area contributed by atoms with Crippen LogP contribution in [0.5, 0.6) is 5.75 Å². The summed E-state index contributed by atoms with van der Waals surface area (Å²) in [6.07, 6.45) is 5.08. The molecular weight excluding hydrogens is 316 g/mol. The highest BCUT2D eigenvalue weighted by Crippen LogP contribution is 2.35. The molecule has 0 saturated heterocycles. The van der Waals surface area contributed by atoms with Gasteiger partial charge in [-0.25, -0.2) is 0 Å². The molecule has 0 spiro atoms. The number of benzene rings is 2. The van der Waals surface area contributed by atoms with Crippen molar-refractivity contribution in [2.45, 2.75) is 59.8 Å². The van der Waals surface area contributed by atoms with Crippen LogP contribution in [-0.2, 0) is 12.8 Å². The van der Waals surface area contributed by atoms with Crippen molar-refractivity contribution in [2.24, 2.45) is 11.8 Å². The number of aryl methyl sites for hydroxylation is 2. The molecule has 2 aromatic carbocycles. The van der Waals surface area contributed by atoms with Crippen LogP contribution in [-0.4, -0.2) is 5.11 Å². The van der Waals surface area contributed by atoms with Gasteiger partial charge in [0.25, 0.3) is 0 Å². The lowest BCUT2D eigenvalue weighted by molar-refractivity contribution is 0.381. The number of rotatable bonds is 8. The highest BCUT2D eigenvalue weighted by Gasteiger charge is 2.22. The molecule has 1 heteroatoms. The predicted octanol–water partition coefficient (Wildman–Crippen LogP) is 6.75. The van der Waals surface area contributed by atoms with Gasteiger partial charge in [0.1, 0.15) is 5.75 Å². The van der Waals surface area contributed by atoms with E-state index in [1.807, 2.05) is 25.1 Å². The standard InChI is InChI=1S/C25H34O/c1-7-8-21-10-12-22(19(5)14-21)15-20(6)24(13-17(2)3)23-11-9-18(4)25(26)16-23/h7,9-12,14,16-17,20,24,26H,1,8,13,15H2,2-6H3. The highest BCUT2D eigenvalue weighted by molar-refractivity contribution is 5.38. The SMILES string of the molecule is C=CCc1ccc(CC(C)C(CC(C)C)c2ccc(C)c(O)c2)c(C)c1. The van der Waals surface area contributed by atoms with Gasteiger partial charge in [0, 0.05) is 0 Å². The van der Waals surface area contributed by atoms with Crippen LogP contribution in [0.2, 0.25) is 0 Å². The summed E-state index contributed by atoms with van der Waals surface area (Å²) in [4.78, 5) is 0. The molecule has 0 aliphatic rings. The smallest absolute Gasteiger partial charge is 0.118 e. The van der Waals surface area contributed by atoms with E-state index in [-0.39, 0.29) is 0 Å².